The fourth-order valence-corrected chi connectivity index (χ4v) is 5.75. The molecule has 3 heteroatoms. The maximum Gasteiger partial charge on any atom is 0.126 e. The van der Waals surface area contributed by atoms with Crippen LogP contribution in [0, 0.1) is 5.82 Å². The molecule has 0 bridgehead atoms. The molecule has 0 spiro atoms. The predicted octanol–water partition coefficient (Wildman–Crippen LogP) is 7.83. The molecule has 28 heavy (non-hydrogen) atoms. The number of aryl methyl sites for hydroxylation is 1. The molecule has 1 aliphatic rings. The van der Waals surface area contributed by atoms with Gasteiger partial charge in [0.15, 0.2) is 0 Å². The van der Waals surface area contributed by atoms with E-state index in [0.717, 1.165) is 37.0 Å². The zero-order chi connectivity index (χ0) is 19.5. The number of fused-ring (bicyclic) bond motifs is 1. The van der Waals surface area contributed by atoms with Gasteiger partial charge < -0.3 is 4.74 Å². The molecule has 148 valence electrons. The summed E-state index contributed by atoms with van der Waals surface area (Å²) in [6.07, 6.45) is 6.49. The Morgan fingerprint density at radius 2 is 1.75 bits per heavy atom. The maximum absolute atomic E-state index is 14.3. The van der Waals surface area contributed by atoms with Crippen LogP contribution in [0.15, 0.2) is 42.5 Å². The third kappa shape index (κ3) is 4.10. The molecule has 0 N–H and O–H groups in total. The summed E-state index contributed by atoms with van der Waals surface area (Å²) >= 11 is 1.91. The van der Waals surface area contributed by atoms with Crippen LogP contribution in [0.25, 0.3) is 10.1 Å². The molecule has 0 radical (unpaired) electrons. The summed E-state index contributed by atoms with van der Waals surface area (Å²) in [6, 6.07) is 14.7. The molecule has 0 atom stereocenters. The van der Waals surface area contributed by atoms with Gasteiger partial charge in [0.25, 0.3) is 0 Å². The molecule has 1 fully saturated rings. The van der Waals surface area contributed by atoms with Gasteiger partial charge in [-0.15, -0.1) is 11.3 Å². The lowest BCUT2D eigenvalue weighted by Crippen LogP contribution is -2.11. The highest BCUT2D eigenvalue weighted by Gasteiger charge is 2.25. The summed E-state index contributed by atoms with van der Waals surface area (Å²) < 4.78 is 21.3. The van der Waals surface area contributed by atoms with Gasteiger partial charge in [0.05, 0.1) is 6.61 Å². The lowest BCUT2D eigenvalue weighted by atomic mass is 9.78. The largest absolute Gasteiger partial charge is 0.494 e. The van der Waals surface area contributed by atoms with Crippen molar-refractivity contribution in [1.82, 2.24) is 0 Å². The minimum Gasteiger partial charge on any atom is -0.494 e. The topological polar surface area (TPSA) is 9.23 Å². The van der Waals surface area contributed by atoms with Crippen molar-refractivity contribution in [2.24, 2.45) is 0 Å². The summed E-state index contributed by atoms with van der Waals surface area (Å²) in [4.78, 5) is 1.49. The third-order valence-corrected chi connectivity index (χ3v) is 7.28. The Balaban J connectivity index is 1.44. The molecule has 1 heterocycles. The first-order chi connectivity index (χ1) is 13.7. The van der Waals surface area contributed by atoms with E-state index in [-0.39, 0.29) is 5.82 Å². The Bertz CT molecular complexity index is 937. The van der Waals surface area contributed by atoms with Gasteiger partial charge in [-0.05, 0) is 97.7 Å². The van der Waals surface area contributed by atoms with Gasteiger partial charge in [0, 0.05) is 9.58 Å². The lowest BCUT2D eigenvalue weighted by molar-refractivity contribution is 0.341. The maximum atomic E-state index is 14.3. The predicted molar refractivity (Wildman–Crippen MR) is 117 cm³/mol. The van der Waals surface area contributed by atoms with Crippen molar-refractivity contribution in [3.05, 3.63) is 64.3 Å². The monoisotopic (exact) mass is 396 g/mol. The van der Waals surface area contributed by atoms with E-state index in [1.807, 2.05) is 24.3 Å². The Morgan fingerprint density at radius 1 is 0.964 bits per heavy atom. The van der Waals surface area contributed by atoms with E-state index < -0.39 is 0 Å². The summed E-state index contributed by atoms with van der Waals surface area (Å²) in [6.45, 7) is 4.82. The zero-order valence-corrected chi connectivity index (χ0v) is 17.7. The van der Waals surface area contributed by atoms with Crippen molar-refractivity contribution in [2.75, 3.05) is 6.61 Å². The van der Waals surface area contributed by atoms with Crippen molar-refractivity contribution in [1.29, 1.82) is 0 Å². The number of hydrogen-bond acceptors (Lipinski definition) is 2. The molecule has 1 aromatic heterocycles. The van der Waals surface area contributed by atoms with Crippen LogP contribution in [0.5, 0.6) is 5.75 Å². The summed E-state index contributed by atoms with van der Waals surface area (Å²) in [5.74, 6) is 2.07. The molecule has 0 saturated heterocycles. The standard InChI is InChI=1S/C25H29FOS/c1-3-5-18-8-11-20(14-23(18)26)17-6-9-19(10-7-17)24-15-21-12-13-22(27-4-2)16-25(21)28-24/h8,11-17,19H,3-7,9-10H2,1-2H3. The quantitative estimate of drug-likeness (QED) is 0.412. The van der Waals surface area contributed by atoms with E-state index in [0.29, 0.717) is 18.4 Å². The third-order valence-electron chi connectivity index (χ3n) is 6.02. The first-order valence-electron chi connectivity index (χ1n) is 10.6. The molecule has 2 aromatic carbocycles. The summed E-state index contributed by atoms with van der Waals surface area (Å²) in [5, 5.41) is 1.32. The fraction of sp³-hybridized carbons (Fsp3) is 0.440. The van der Waals surface area contributed by atoms with Gasteiger partial charge in [-0.3, -0.25) is 0 Å². The summed E-state index contributed by atoms with van der Waals surface area (Å²) in [5.41, 5.74) is 2.05. The first-order valence-corrected chi connectivity index (χ1v) is 11.4. The minimum absolute atomic E-state index is 0.0175. The average molecular weight is 397 g/mol. The van der Waals surface area contributed by atoms with Gasteiger partial charge in [0.2, 0.25) is 0 Å². The second kappa shape index (κ2) is 8.65. The molecule has 1 aliphatic carbocycles. The Kier molecular flexibility index (Phi) is 6.01. The molecule has 0 amide bonds. The number of halogens is 1. The highest BCUT2D eigenvalue weighted by atomic mass is 32.1. The van der Waals surface area contributed by atoms with E-state index in [1.165, 1.54) is 33.4 Å². The average Bonchev–Trinajstić information content (AvgIpc) is 3.13. The van der Waals surface area contributed by atoms with E-state index in [2.05, 4.69) is 37.3 Å². The van der Waals surface area contributed by atoms with E-state index >= 15 is 0 Å². The summed E-state index contributed by atoms with van der Waals surface area (Å²) in [7, 11) is 0. The molecular formula is C25H29FOS. The van der Waals surface area contributed by atoms with Crippen molar-refractivity contribution in [2.45, 2.75) is 64.2 Å². The molecule has 4 rings (SSSR count). The first kappa shape index (κ1) is 19.4. The molecule has 0 unspecified atom stereocenters. The van der Waals surface area contributed by atoms with Gasteiger partial charge in [-0.2, -0.15) is 0 Å². The van der Waals surface area contributed by atoms with Gasteiger partial charge in [-0.25, -0.2) is 4.39 Å². The molecule has 1 nitrogen and oxygen atoms in total. The van der Waals surface area contributed by atoms with Crippen LogP contribution < -0.4 is 4.74 Å². The number of hydrogen-bond donors (Lipinski definition) is 0. The smallest absolute Gasteiger partial charge is 0.126 e. The van der Waals surface area contributed by atoms with Crippen LogP contribution in [0.2, 0.25) is 0 Å². The van der Waals surface area contributed by atoms with E-state index in [4.69, 9.17) is 4.74 Å². The second-order valence-electron chi connectivity index (χ2n) is 7.93. The Morgan fingerprint density at radius 3 is 2.46 bits per heavy atom. The van der Waals surface area contributed by atoms with Crippen LogP contribution in [0.1, 0.15) is 73.8 Å². The normalized spacial score (nSPS) is 19.8. The number of thiophene rings is 1. The van der Waals surface area contributed by atoms with Crippen molar-refractivity contribution < 1.29 is 9.13 Å². The number of benzene rings is 2. The molecule has 0 aliphatic heterocycles. The molecule has 1 saturated carbocycles. The minimum atomic E-state index is -0.0175. The Hall–Kier alpha value is -1.87. The van der Waals surface area contributed by atoms with Crippen molar-refractivity contribution in [3.8, 4) is 5.75 Å². The van der Waals surface area contributed by atoms with Gasteiger partial charge >= 0.3 is 0 Å². The van der Waals surface area contributed by atoms with Gasteiger partial charge in [0.1, 0.15) is 11.6 Å². The SMILES string of the molecule is CCCc1ccc(C2CCC(c3cc4ccc(OCC)cc4s3)CC2)cc1F. The number of rotatable bonds is 6. The van der Waals surface area contributed by atoms with E-state index in [9.17, 15) is 4.39 Å². The number of ether oxygens (including phenoxy) is 1. The van der Waals surface area contributed by atoms with Crippen molar-refractivity contribution in [3.63, 3.8) is 0 Å². The van der Waals surface area contributed by atoms with Crippen LogP contribution in [0.3, 0.4) is 0 Å². The highest BCUT2D eigenvalue weighted by Crippen LogP contribution is 2.44. The molecular weight excluding hydrogens is 367 g/mol. The van der Waals surface area contributed by atoms with E-state index in [1.54, 1.807) is 6.07 Å². The van der Waals surface area contributed by atoms with Crippen LogP contribution in [0.4, 0.5) is 4.39 Å². The molecule has 3 aromatic rings. The highest BCUT2D eigenvalue weighted by molar-refractivity contribution is 7.19. The fourth-order valence-electron chi connectivity index (χ4n) is 4.49. The van der Waals surface area contributed by atoms with Crippen LogP contribution >= 0.6 is 11.3 Å². The van der Waals surface area contributed by atoms with Crippen molar-refractivity contribution >= 4 is 21.4 Å². The second-order valence-corrected chi connectivity index (χ2v) is 9.05. The lowest BCUT2D eigenvalue weighted by Gasteiger charge is -2.28. The Labute approximate surface area is 171 Å². The van der Waals surface area contributed by atoms with Crippen LogP contribution in [-0.2, 0) is 6.42 Å². The van der Waals surface area contributed by atoms with Gasteiger partial charge in [-0.1, -0.05) is 25.5 Å². The zero-order valence-electron chi connectivity index (χ0n) is 16.8. The van der Waals surface area contributed by atoms with Crippen LogP contribution in [-0.4, -0.2) is 6.61 Å².